The van der Waals surface area contributed by atoms with Crippen molar-refractivity contribution in [3.8, 4) is 5.75 Å². The SMILES string of the molecule is CC(N)C(=O)OOc1c(C(C)C)cccc1[C@H](C)C1CC1.O=C(O)C(F)(F)F. The van der Waals surface area contributed by atoms with Gasteiger partial charge in [-0.3, -0.25) is 4.89 Å². The Balaban J connectivity index is 0.000000480. The minimum atomic E-state index is -5.08. The first-order chi connectivity index (χ1) is 12.9. The summed E-state index contributed by atoms with van der Waals surface area (Å²) in [6.07, 6.45) is -2.57. The summed E-state index contributed by atoms with van der Waals surface area (Å²) in [6.45, 7) is 7.98. The number of hydrogen-bond donors (Lipinski definition) is 2. The summed E-state index contributed by atoms with van der Waals surface area (Å²) in [5.41, 5.74) is 7.66. The van der Waals surface area contributed by atoms with E-state index in [1.807, 2.05) is 12.1 Å². The highest BCUT2D eigenvalue weighted by molar-refractivity contribution is 5.74. The standard InChI is InChI=1S/C17H25NO3.C2HF3O2/c1-10(2)14-6-5-7-15(11(3)13-8-9-13)16(14)20-21-17(19)12(4)18;3-2(4,5)1(6)7/h5-7,10-13H,8-9,18H2,1-4H3;(H,6,7)/t11-,12?;/m1./s1. The second-order valence-corrected chi connectivity index (χ2v) is 7.12. The Labute approximate surface area is 161 Å². The van der Waals surface area contributed by atoms with E-state index in [2.05, 4.69) is 26.8 Å². The Morgan fingerprint density at radius 1 is 1.14 bits per heavy atom. The molecule has 1 aromatic carbocycles. The van der Waals surface area contributed by atoms with Gasteiger partial charge >= 0.3 is 18.1 Å². The van der Waals surface area contributed by atoms with E-state index in [0.717, 1.165) is 11.1 Å². The number of nitrogens with two attached hydrogens (primary N) is 1. The molecule has 0 aliphatic heterocycles. The number of halogens is 3. The zero-order chi connectivity index (χ0) is 21.6. The molecule has 2 rings (SSSR count). The van der Waals surface area contributed by atoms with Crippen molar-refractivity contribution in [2.45, 2.75) is 64.6 Å². The van der Waals surface area contributed by atoms with Crippen molar-refractivity contribution < 1.29 is 37.6 Å². The van der Waals surface area contributed by atoms with Crippen LogP contribution in [0.4, 0.5) is 13.2 Å². The third kappa shape index (κ3) is 7.03. The minimum Gasteiger partial charge on any atom is -0.475 e. The lowest BCUT2D eigenvalue weighted by atomic mass is 9.90. The predicted octanol–water partition coefficient (Wildman–Crippen LogP) is 4.14. The van der Waals surface area contributed by atoms with Gasteiger partial charge < -0.3 is 10.8 Å². The molecule has 0 bridgehead atoms. The van der Waals surface area contributed by atoms with Crippen molar-refractivity contribution in [3.05, 3.63) is 29.3 Å². The monoisotopic (exact) mass is 405 g/mol. The molecule has 0 amide bonds. The summed E-state index contributed by atoms with van der Waals surface area (Å²) in [6, 6.07) is 5.43. The number of rotatable bonds is 6. The normalized spacial score (nSPS) is 15.9. The topological polar surface area (TPSA) is 98.9 Å². The Bertz CT molecular complexity index is 685. The van der Waals surface area contributed by atoms with Crippen molar-refractivity contribution in [1.82, 2.24) is 0 Å². The summed E-state index contributed by atoms with van der Waals surface area (Å²) >= 11 is 0. The van der Waals surface area contributed by atoms with E-state index in [0.29, 0.717) is 23.5 Å². The van der Waals surface area contributed by atoms with Crippen molar-refractivity contribution >= 4 is 11.9 Å². The lowest BCUT2D eigenvalue weighted by Gasteiger charge is -2.20. The zero-order valence-corrected chi connectivity index (χ0v) is 16.2. The third-order valence-electron chi connectivity index (χ3n) is 4.34. The van der Waals surface area contributed by atoms with Crippen LogP contribution in [-0.2, 0) is 14.5 Å². The number of alkyl halides is 3. The van der Waals surface area contributed by atoms with Gasteiger partial charge in [-0.1, -0.05) is 39.0 Å². The molecule has 0 saturated heterocycles. The number of aliphatic carboxylic acids is 1. The van der Waals surface area contributed by atoms with Crippen LogP contribution >= 0.6 is 0 Å². The lowest BCUT2D eigenvalue weighted by Crippen LogP contribution is -2.30. The van der Waals surface area contributed by atoms with Crippen LogP contribution in [0.3, 0.4) is 0 Å². The van der Waals surface area contributed by atoms with E-state index < -0.39 is 24.2 Å². The largest absolute Gasteiger partial charge is 0.490 e. The predicted molar refractivity (Wildman–Crippen MR) is 95.7 cm³/mol. The van der Waals surface area contributed by atoms with E-state index in [9.17, 15) is 18.0 Å². The average Bonchev–Trinajstić information content (AvgIpc) is 3.43. The number of carboxylic acids is 1. The number of benzene rings is 1. The molecule has 1 aromatic rings. The maximum atomic E-state index is 11.6. The van der Waals surface area contributed by atoms with Gasteiger partial charge in [0, 0.05) is 11.1 Å². The highest BCUT2D eigenvalue weighted by Gasteiger charge is 2.38. The van der Waals surface area contributed by atoms with Crippen molar-refractivity contribution in [2.24, 2.45) is 11.7 Å². The minimum absolute atomic E-state index is 0.292. The Morgan fingerprint density at radius 3 is 2.04 bits per heavy atom. The second kappa shape index (κ2) is 9.77. The molecule has 3 N–H and O–H groups in total. The van der Waals surface area contributed by atoms with E-state index in [4.69, 9.17) is 25.4 Å². The molecule has 1 unspecified atom stereocenters. The molecule has 9 heteroatoms. The quantitative estimate of drug-likeness (QED) is 0.545. The molecule has 0 heterocycles. The van der Waals surface area contributed by atoms with Crippen LogP contribution in [0.2, 0.25) is 0 Å². The molecular formula is C19H26F3NO5. The Kier molecular flexibility index (Phi) is 8.29. The second-order valence-electron chi connectivity index (χ2n) is 7.12. The third-order valence-corrected chi connectivity index (χ3v) is 4.34. The molecule has 0 radical (unpaired) electrons. The number of para-hydroxylation sites is 1. The van der Waals surface area contributed by atoms with Crippen LogP contribution in [0, 0.1) is 5.92 Å². The number of carbonyl (C=O) groups excluding carboxylic acids is 1. The fraction of sp³-hybridized carbons (Fsp3) is 0.579. The molecule has 6 nitrogen and oxygen atoms in total. The molecule has 1 aliphatic rings. The van der Waals surface area contributed by atoms with Crippen molar-refractivity contribution in [1.29, 1.82) is 0 Å². The van der Waals surface area contributed by atoms with Gasteiger partial charge in [0.05, 0.1) is 0 Å². The van der Waals surface area contributed by atoms with Crippen molar-refractivity contribution in [3.63, 3.8) is 0 Å². The summed E-state index contributed by atoms with van der Waals surface area (Å²) < 4.78 is 31.7. The van der Waals surface area contributed by atoms with Gasteiger partial charge in [-0.15, -0.1) is 0 Å². The molecule has 0 spiro atoms. The van der Waals surface area contributed by atoms with Crippen LogP contribution < -0.4 is 10.6 Å². The number of carbonyl (C=O) groups is 2. The molecule has 158 valence electrons. The summed E-state index contributed by atoms with van der Waals surface area (Å²) in [7, 11) is 0. The van der Waals surface area contributed by atoms with E-state index in [-0.39, 0.29) is 0 Å². The summed E-state index contributed by atoms with van der Waals surface area (Å²) in [5, 5.41) is 7.12. The maximum Gasteiger partial charge on any atom is 0.490 e. The van der Waals surface area contributed by atoms with Gasteiger partial charge in [-0.05, 0) is 37.5 Å². The average molecular weight is 405 g/mol. The highest BCUT2D eigenvalue weighted by atomic mass is 19.4. The van der Waals surface area contributed by atoms with Crippen LogP contribution in [0.1, 0.15) is 63.5 Å². The van der Waals surface area contributed by atoms with Gasteiger partial charge in [0.1, 0.15) is 6.04 Å². The smallest absolute Gasteiger partial charge is 0.475 e. The van der Waals surface area contributed by atoms with Gasteiger partial charge in [0.2, 0.25) is 0 Å². The van der Waals surface area contributed by atoms with Crippen LogP contribution in [0.15, 0.2) is 18.2 Å². The lowest BCUT2D eigenvalue weighted by molar-refractivity contribution is -0.215. The van der Waals surface area contributed by atoms with Crippen molar-refractivity contribution in [2.75, 3.05) is 0 Å². The Morgan fingerprint density at radius 2 is 1.64 bits per heavy atom. The van der Waals surface area contributed by atoms with Gasteiger partial charge in [-0.25, -0.2) is 14.5 Å². The highest BCUT2D eigenvalue weighted by Crippen LogP contribution is 2.46. The first-order valence-electron chi connectivity index (χ1n) is 8.93. The molecule has 1 saturated carbocycles. The van der Waals surface area contributed by atoms with Crippen LogP contribution in [0.25, 0.3) is 0 Å². The van der Waals surface area contributed by atoms with Crippen LogP contribution in [0.5, 0.6) is 5.75 Å². The number of carboxylic acid groups (broad SMARTS) is 1. The fourth-order valence-corrected chi connectivity index (χ4v) is 2.49. The van der Waals surface area contributed by atoms with Gasteiger partial charge in [0.15, 0.2) is 5.75 Å². The van der Waals surface area contributed by atoms with E-state index >= 15 is 0 Å². The first kappa shape index (κ1) is 23.7. The molecule has 2 atom stereocenters. The molecule has 28 heavy (non-hydrogen) atoms. The van der Waals surface area contributed by atoms with E-state index in [1.165, 1.54) is 12.8 Å². The molecule has 1 aliphatic carbocycles. The van der Waals surface area contributed by atoms with Gasteiger partial charge in [-0.2, -0.15) is 13.2 Å². The molecule has 1 fully saturated rings. The van der Waals surface area contributed by atoms with Gasteiger partial charge in [0.25, 0.3) is 0 Å². The van der Waals surface area contributed by atoms with E-state index in [1.54, 1.807) is 6.92 Å². The number of hydrogen-bond acceptors (Lipinski definition) is 5. The zero-order valence-electron chi connectivity index (χ0n) is 16.2. The molecule has 0 aromatic heterocycles. The first-order valence-corrected chi connectivity index (χ1v) is 8.93. The van der Waals surface area contributed by atoms with Crippen LogP contribution in [-0.4, -0.2) is 29.3 Å². The summed E-state index contributed by atoms with van der Waals surface area (Å²) in [5.74, 6) is -1.22. The maximum absolute atomic E-state index is 11.6. The molecular weight excluding hydrogens is 379 g/mol. The Hall–Kier alpha value is -2.29. The summed E-state index contributed by atoms with van der Waals surface area (Å²) in [4.78, 5) is 30.8. The fourth-order valence-electron chi connectivity index (χ4n) is 2.49.